The number of carbonyl (C=O) groups excluding carboxylic acids is 3. The van der Waals surface area contributed by atoms with Gasteiger partial charge in [0.25, 0.3) is 11.8 Å². The highest BCUT2D eigenvalue weighted by atomic mass is 35.5. The van der Waals surface area contributed by atoms with Crippen molar-refractivity contribution in [2.75, 3.05) is 19.0 Å². The monoisotopic (exact) mass is 509 g/mol. The molecule has 0 spiro atoms. The second kappa shape index (κ2) is 10.4. The molecule has 36 heavy (non-hydrogen) atoms. The molecule has 9 nitrogen and oxygen atoms in total. The molecule has 2 heterocycles. The Bertz CT molecular complexity index is 1290. The quantitative estimate of drug-likeness (QED) is 0.481. The number of carbonyl (C=O) groups is 3. The van der Waals surface area contributed by atoms with Crippen molar-refractivity contribution in [3.63, 3.8) is 0 Å². The molecule has 4 rings (SSSR count). The maximum absolute atomic E-state index is 13.6. The number of nitrogens with one attached hydrogen (secondary N) is 2. The molecule has 0 bridgehead atoms. The van der Waals surface area contributed by atoms with Crippen molar-refractivity contribution in [1.29, 1.82) is 0 Å². The van der Waals surface area contributed by atoms with Gasteiger partial charge in [0.05, 0.1) is 20.0 Å². The molecule has 0 radical (unpaired) electrons. The van der Waals surface area contributed by atoms with Crippen molar-refractivity contribution in [3.8, 4) is 5.75 Å². The van der Waals surface area contributed by atoms with E-state index in [0.717, 1.165) is 11.3 Å². The van der Waals surface area contributed by atoms with E-state index in [0.29, 0.717) is 30.2 Å². The summed E-state index contributed by atoms with van der Waals surface area (Å²) in [6, 6.07) is 14.1. The van der Waals surface area contributed by atoms with E-state index in [1.807, 2.05) is 31.2 Å². The molecule has 0 aliphatic carbocycles. The van der Waals surface area contributed by atoms with Gasteiger partial charge in [-0.25, -0.2) is 4.98 Å². The number of anilines is 1. The van der Waals surface area contributed by atoms with Crippen molar-refractivity contribution in [2.24, 2.45) is 0 Å². The van der Waals surface area contributed by atoms with Gasteiger partial charge in [-0.3, -0.25) is 14.4 Å². The topological polar surface area (TPSA) is 106 Å². The maximum Gasteiger partial charge on any atom is 0.276 e. The van der Waals surface area contributed by atoms with Gasteiger partial charge in [-0.2, -0.15) is 0 Å². The van der Waals surface area contributed by atoms with Gasteiger partial charge in [0.15, 0.2) is 5.69 Å². The molecule has 0 saturated heterocycles. The first-order valence-electron chi connectivity index (χ1n) is 11.6. The third-order valence-corrected chi connectivity index (χ3v) is 6.44. The lowest BCUT2D eigenvalue weighted by Gasteiger charge is -2.43. The maximum atomic E-state index is 13.6. The van der Waals surface area contributed by atoms with Gasteiger partial charge in [-0.1, -0.05) is 36.7 Å². The van der Waals surface area contributed by atoms with E-state index in [1.165, 1.54) is 11.2 Å². The Morgan fingerprint density at radius 3 is 2.61 bits per heavy atom. The summed E-state index contributed by atoms with van der Waals surface area (Å²) < 4.78 is 6.75. The summed E-state index contributed by atoms with van der Waals surface area (Å²) in [4.78, 5) is 45.8. The predicted octanol–water partition coefficient (Wildman–Crippen LogP) is 3.74. The second-order valence-electron chi connectivity index (χ2n) is 8.80. The van der Waals surface area contributed by atoms with Crippen LogP contribution in [0.5, 0.6) is 5.75 Å². The molecule has 3 amide bonds. The van der Waals surface area contributed by atoms with Crippen LogP contribution in [0.2, 0.25) is 5.02 Å². The van der Waals surface area contributed by atoms with E-state index in [2.05, 4.69) is 15.6 Å². The number of amides is 3. The summed E-state index contributed by atoms with van der Waals surface area (Å²) in [7, 11) is 1.59. The number of hydrogen-bond donors (Lipinski definition) is 2. The number of nitrogens with zero attached hydrogens (tertiary/aromatic N) is 3. The lowest BCUT2D eigenvalue weighted by molar-refractivity contribution is -0.133. The summed E-state index contributed by atoms with van der Waals surface area (Å²) in [5, 5.41) is 6.16. The Kier molecular flexibility index (Phi) is 7.30. The van der Waals surface area contributed by atoms with Crippen LogP contribution in [0.25, 0.3) is 0 Å². The fourth-order valence-electron chi connectivity index (χ4n) is 4.30. The molecule has 0 saturated carbocycles. The standard InChI is InChI=1S/C26H28ClN5O4/c1-4-12-32-24(34)22-21(23(33)30-19-7-5-6-18(27)13-19)29-16-31(22)15-26(32,2)25(35)28-14-17-8-10-20(36-3)11-9-17/h5-11,13,16H,4,12,14-15H2,1-3H3,(H,28,35)(H,30,33). The van der Waals surface area contributed by atoms with Crippen LogP contribution in [0, 0.1) is 0 Å². The first-order chi connectivity index (χ1) is 17.3. The van der Waals surface area contributed by atoms with Crippen LogP contribution < -0.4 is 15.4 Å². The number of hydrogen-bond acceptors (Lipinski definition) is 5. The van der Waals surface area contributed by atoms with Crippen molar-refractivity contribution < 1.29 is 19.1 Å². The summed E-state index contributed by atoms with van der Waals surface area (Å²) in [5.41, 5.74) is 0.393. The average Bonchev–Trinajstić information content (AvgIpc) is 3.29. The van der Waals surface area contributed by atoms with Crippen LogP contribution in [0.1, 0.15) is 46.8 Å². The van der Waals surface area contributed by atoms with E-state index in [-0.39, 0.29) is 23.8 Å². The lowest BCUT2D eigenvalue weighted by Crippen LogP contribution is -2.64. The van der Waals surface area contributed by atoms with Gasteiger partial charge in [-0.05, 0) is 49.2 Å². The Labute approximate surface area is 214 Å². The number of halogens is 1. The fraction of sp³-hybridized carbons (Fsp3) is 0.308. The SMILES string of the molecule is CCCN1C(=O)c2c(C(=O)Nc3cccc(Cl)c3)ncn2CC1(C)C(=O)NCc1ccc(OC)cc1. The third-order valence-electron chi connectivity index (χ3n) is 6.21. The minimum absolute atomic E-state index is 0.00164. The number of rotatable bonds is 8. The molecule has 1 atom stereocenters. The summed E-state index contributed by atoms with van der Waals surface area (Å²) >= 11 is 6.01. The largest absolute Gasteiger partial charge is 0.497 e. The first-order valence-corrected chi connectivity index (χ1v) is 12.0. The van der Waals surface area contributed by atoms with Crippen molar-refractivity contribution in [1.82, 2.24) is 19.8 Å². The summed E-state index contributed by atoms with van der Waals surface area (Å²) in [6.07, 6.45) is 2.07. The number of aromatic nitrogens is 2. The number of fused-ring (bicyclic) bond motifs is 1. The Hall–Kier alpha value is -3.85. The zero-order chi connectivity index (χ0) is 25.9. The smallest absolute Gasteiger partial charge is 0.276 e. The van der Waals surface area contributed by atoms with Crippen molar-refractivity contribution >= 4 is 35.0 Å². The molecule has 2 N–H and O–H groups in total. The van der Waals surface area contributed by atoms with E-state index < -0.39 is 17.4 Å². The van der Waals surface area contributed by atoms with Crippen LogP contribution in [-0.4, -0.2) is 51.4 Å². The Morgan fingerprint density at radius 2 is 1.94 bits per heavy atom. The van der Waals surface area contributed by atoms with Crippen molar-refractivity contribution in [2.45, 2.75) is 38.9 Å². The molecule has 188 valence electrons. The molecule has 10 heteroatoms. The van der Waals surface area contributed by atoms with E-state index in [4.69, 9.17) is 16.3 Å². The van der Waals surface area contributed by atoms with E-state index in [9.17, 15) is 14.4 Å². The zero-order valence-corrected chi connectivity index (χ0v) is 21.1. The van der Waals surface area contributed by atoms with Gasteiger partial charge < -0.3 is 24.8 Å². The number of methoxy groups -OCH3 is 1. The normalized spacial score (nSPS) is 16.9. The first kappa shape index (κ1) is 25.2. The molecule has 2 aromatic carbocycles. The highest BCUT2D eigenvalue weighted by molar-refractivity contribution is 6.31. The minimum atomic E-state index is -1.16. The predicted molar refractivity (Wildman–Crippen MR) is 136 cm³/mol. The van der Waals surface area contributed by atoms with E-state index in [1.54, 1.807) is 42.9 Å². The highest BCUT2D eigenvalue weighted by Crippen LogP contribution is 2.30. The molecule has 3 aromatic rings. The van der Waals surface area contributed by atoms with Crippen LogP contribution >= 0.6 is 11.6 Å². The Morgan fingerprint density at radius 1 is 1.19 bits per heavy atom. The fourth-order valence-corrected chi connectivity index (χ4v) is 4.49. The molecular formula is C26H28ClN5O4. The van der Waals surface area contributed by atoms with Crippen LogP contribution in [0.3, 0.4) is 0 Å². The molecular weight excluding hydrogens is 482 g/mol. The molecule has 0 fully saturated rings. The van der Waals surface area contributed by atoms with Gasteiger partial charge in [0.1, 0.15) is 17.0 Å². The Balaban J connectivity index is 1.57. The van der Waals surface area contributed by atoms with Crippen LogP contribution in [0.4, 0.5) is 5.69 Å². The van der Waals surface area contributed by atoms with Crippen molar-refractivity contribution in [3.05, 3.63) is 76.8 Å². The number of imidazole rings is 1. The average molecular weight is 510 g/mol. The molecule has 1 aromatic heterocycles. The van der Waals surface area contributed by atoms with Gasteiger partial charge in [0, 0.05) is 23.8 Å². The van der Waals surface area contributed by atoms with Gasteiger partial charge in [0.2, 0.25) is 5.91 Å². The summed E-state index contributed by atoms with van der Waals surface area (Å²) in [6.45, 7) is 4.49. The van der Waals surface area contributed by atoms with Crippen LogP contribution in [-0.2, 0) is 17.9 Å². The van der Waals surface area contributed by atoms with Crippen LogP contribution in [0.15, 0.2) is 54.9 Å². The van der Waals surface area contributed by atoms with E-state index >= 15 is 0 Å². The molecule has 1 unspecified atom stereocenters. The zero-order valence-electron chi connectivity index (χ0n) is 20.4. The van der Waals surface area contributed by atoms with Gasteiger partial charge in [-0.15, -0.1) is 0 Å². The third kappa shape index (κ3) is 4.92. The lowest BCUT2D eigenvalue weighted by atomic mass is 9.93. The number of ether oxygens (including phenoxy) is 1. The molecule has 1 aliphatic rings. The molecule has 1 aliphatic heterocycles. The van der Waals surface area contributed by atoms with Gasteiger partial charge >= 0.3 is 0 Å². The number of benzene rings is 2. The minimum Gasteiger partial charge on any atom is -0.497 e. The second-order valence-corrected chi connectivity index (χ2v) is 9.23. The highest BCUT2D eigenvalue weighted by Gasteiger charge is 2.48. The summed E-state index contributed by atoms with van der Waals surface area (Å²) in [5.74, 6) is -0.501.